The summed E-state index contributed by atoms with van der Waals surface area (Å²) < 4.78 is 43.5. The van der Waals surface area contributed by atoms with Gasteiger partial charge in [-0.05, 0) is 48.9 Å². The molecule has 3 aromatic carbocycles. The first-order valence-corrected chi connectivity index (χ1v) is 12.6. The van der Waals surface area contributed by atoms with Gasteiger partial charge in [0.05, 0.1) is 10.1 Å². The highest BCUT2D eigenvalue weighted by Gasteiger charge is 2.22. The van der Waals surface area contributed by atoms with E-state index in [4.69, 9.17) is 0 Å². The Bertz CT molecular complexity index is 1320. The molecule has 170 valence electrons. The first kappa shape index (κ1) is 23.2. The lowest BCUT2D eigenvalue weighted by Crippen LogP contribution is -2.27. The third-order valence-corrected chi connectivity index (χ3v) is 7.88. The Morgan fingerprint density at radius 3 is 2.30 bits per heavy atom. The van der Waals surface area contributed by atoms with Gasteiger partial charge in [-0.15, -0.1) is 10.2 Å². The lowest BCUT2D eigenvalue weighted by atomic mass is 10.1. The highest BCUT2D eigenvalue weighted by molar-refractivity contribution is 7.99. The fraction of sp³-hybridized carbons (Fsp3) is 0.167. The number of hydrogen-bond donors (Lipinski definition) is 1. The molecule has 0 radical (unpaired) electrons. The van der Waals surface area contributed by atoms with Gasteiger partial charge in [-0.1, -0.05) is 59.8 Å². The van der Waals surface area contributed by atoms with Crippen LogP contribution in [-0.2, 0) is 17.1 Å². The minimum atomic E-state index is -3.67. The lowest BCUT2D eigenvalue weighted by Gasteiger charge is -2.17. The van der Waals surface area contributed by atoms with Crippen LogP contribution in [0.15, 0.2) is 88.9 Å². The maximum absolute atomic E-state index is 13.3. The summed E-state index contributed by atoms with van der Waals surface area (Å²) in [5, 5.41) is 8.94. The van der Waals surface area contributed by atoms with E-state index in [1.54, 1.807) is 36.4 Å². The number of benzene rings is 3. The molecule has 4 rings (SSSR count). The van der Waals surface area contributed by atoms with Crippen molar-refractivity contribution in [3.63, 3.8) is 0 Å². The maximum atomic E-state index is 13.3. The largest absolute Gasteiger partial charge is 0.305 e. The van der Waals surface area contributed by atoms with Gasteiger partial charge in [0.25, 0.3) is 0 Å². The zero-order valence-corrected chi connectivity index (χ0v) is 19.8. The van der Waals surface area contributed by atoms with Crippen molar-refractivity contribution in [2.75, 3.05) is 6.54 Å². The molecular formula is C24H23FN4O2S2. The second-order valence-electron chi connectivity index (χ2n) is 7.55. The summed E-state index contributed by atoms with van der Waals surface area (Å²) in [5.74, 6) is 0.282. The number of aromatic nitrogens is 3. The Morgan fingerprint density at radius 1 is 0.970 bits per heavy atom. The van der Waals surface area contributed by atoms with E-state index in [1.807, 2.05) is 48.9 Å². The zero-order chi connectivity index (χ0) is 23.4. The predicted octanol–water partition coefficient (Wildman–Crippen LogP) is 4.74. The van der Waals surface area contributed by atoms with Gasteiger partial charge >= 0.3 is 0 Å². The molecule has 4 aromatic rings. The summed E-state index contributed by atoms with van der Waals surface area (Å²) in [5.41, 5.74) is 2.70. The SMILES string of the molecule is Cc1ccc(S(=O)(=O)NCC(Sc2nnc(-c3ccc(F)cc3)n2C)c2ccccc2)cc1. The van der Waals surface area contributed by atoms with Crippen molar-refractivity contribution < 1.29 is 12.8 Å². The molecule has 6 nitrogen and oxygen atoms in total. The predicted molar refractivity (Wildman–Crippen MR) is 128 cm³/mol. The van der Waals surface area contributed by atoms with E-state index in [0.717, 1.165) is 16.7 Å². The summed E-state index contributed by atoms with van der Waals surface area (Å²) in [7, 11) is -1.83. The summed E-state index contributed by atoms with van der Waals surface area (Å²) >= 11 is 1.41. The van der Waals surface area contributed by atoms with Crippen LogP contribution >= 0.6 is 11.8 Å². The molecule has 1 aromatic heterocycles. The minimum Gasteiger partial charge on any atom is -0.305 e. The molecule has 0 saturated heterocycles. The average molecular weight is 483 g/mol. The fourth-order valence-corrected chi connectivity index (χ4v) is 5.48. The van der Waals surface area contributed by atoms with Crippen LogP contribution in [0.4, 0.5) is 4.39 Å². The Kier molecular flexibility index (Phi) is 6.92. The van der Waals surface area contributed by atoms with E-state index in [9.17, 15) is 12.8 Å². The highest BCUT2D eigenvalue weighted by atomic mass is 32.2. The van der Waals surface area contributed by atoms with Gasteiger partial charge in [0.1, 0.15) is 5.82 Å². The monoisotopic (exact) mass is 482 g/mol. The Balaban J connectivity index is 1.57. The number of nitrogens with zero attached hydrogens (tertiary/aromatic N) is 3. The van der Waals surface area contributed by atoms with Crippen molar-refractivity contribution in [3.05, 3.63) is 95.8 Å². The molecule has 9 heteroatoms. The van der Waals surface area contributed by atoms with Gasteiger partial charge in [0.15, 0.2) is 11.0 Å². The number of aryl methyl sites for hydroxylation is 1. The van der Waals surface area contributed by atoms with Crippen molar-refractivity contribution in [2.24, 2.45) is 7.05 Å². The quantitative estimate of drug-likeness (QED) is 0.367. The Labute approximate surface area is 196 Å². The summed E-state index contributed by atoms with van der Waals surface area (Å²) in [6.45, 7) is 2.08. The number of sulfonamides is 1. The topological polar surface area (TPSA) is 76.9 Å². The van der Waals surface area contributed by atoms with Crippen molar-refractivity contribution in [1.82, 2.24) is 19.5 Å². The molecule has 0 aliphatic carbocycles. The van der Waals surface area contributed by atoms with Crippen molar-refractivity contribution in [2.45, 2.75) is 22.2 Å². The lowest BCUT2D eigenvalue weighted by molar-refractivity contribution is 0.581. The molecular weight excluding hydrogens is 459 g/mol. The standard InChI is InChI=1S/C24H23FN4O2S2/c1-17-8-14-21(15-9-17)33(30,31)26-16-22(18-6-4-3-5-7-18)32-24-28-27-23(29(24)2)19-10-12-20(25)13-11-19/h3-15,22,26H,16H2,1-2H3. The van der Waals surface area contributed by atoms with Gasteiger partial charge in [-0.3, -0.25) is 0 Å². The fourth-order valence-electron chi connectivity index (χ4n) is 3.28. The normalized spacial score (nSPS) is 12.6. The minimum absolute atomic E-state index is 0.170. The zero-order valence-electron chi connectivity index (χ0n) is 18.1. The number of nitrogens with one attached hydrogen (secondary N) is 1. The van der Waals surface area contributed by atoms with Crippen LogP contribution < -0.4 is 4.72 Å². The maximum Gasteiger partial charge on any atom is 0.240 e. The van der Waals surface area contributed by atoms with Crippen molar-refractivity contribution in [1.29, 1.82) is 0 Å². The Hall–Kier alpha value is -3.01. The van der Waals surface area contributed by atoms with E-state index in [0.29, 0.717) is 11.0 Å². The van der Waals surface area contributed by atoms with E-state index < -0.39 is 10.0 Å². The smallest absolute Gasteiger partial charge is 0.240 e. The van der Waals surface area contributed by atoms with Crippen LogP contribution in [0.5, 0.6) is 0 Å². The van der Waals surface area contributed by atoms with Crippen LogP contribution in [0.3, 0.4) is 0 Å². The van der Waals surface area contributed by atoms with Crippen LogP contribution in [0.1, 0.15) is 16.4 Å². The van der Waals surface area contributed by atoms with Crippen molar-refractivity contribution in [3.8, 4) is 11.4 Å². The van der Waals surface area contributed by atoms with E-state index >= 15 is 0 Å². The number of thioether (sulfide) groups is 1. The van der Waals surface area contributed by atoms with Gasteiger partial charge < -0.3 is 4.57 Å². The first-order chi connectivity index (χ1) is 15.8. The van der Waals surface area contributed by atoms with Crippen LogP contribution in [0.25, 0.3) is 11.4 Å². The molecule has 1 N–H and O–H groups in total. The average Bonchev–Trinajstić information content (AvgIpc) is 3.18. The highest BCUT2D eigenvalue weighted by Crippen LogP contribution is 2.35. The first-order valence-electron chi connectivity index (χ1n) is 10.3. The van der Waals surface area contributed by atoms with Crippen molar-refractivity contribution >= 4 is 21.8 Å². The number of halogens is 1. The molecule has 1 unspecified atom stereocenters. The van der Waals surface area contributed by atoms with Crippen LogP contribution in [0.2, 0.25) is 0 Å². The molecule has 0 bridgehead atoms. The van der Waals surface area contributed by atoms with Crippen LogP contribution in [-0.4, -0.2) is 29.7 Å². The molecule has 0 aliphatic heterocycles. The summed E-state index contributed by atoms with van der Waals surface area (Å²) in [6, 6.07) is 22.4. The molecule has 33 heavy (non-hydrogen) atoms. The molecule has 0 amide bonds. The third kappa shape index (κ3) is 5.50. The van der Waals surface area contributed by atoms with Crippen LogP contribution in [0, 0.1) is 12.7 Å². The van der Waals surface area contributed by atoms with Gasteiger partial charge in [0.2, 0.25) is 10.0 Å². The molecule has 0 spiro atoms. The second-order valence-corrected chi connectivity index (χ2v) is 10.5. The molecule has 0 fully saturated rings. The van der Waals surface area contributed by atoms with Gasteiger partial charge in [0, 0.05) is 19.2 Å². The van der Waals surface area contributed by atoms with E-state index in [2.05, 4.69) is 14.9 Å². The summed E-state index contributed by atoms with van der Waals surface area (Å²) in [6.07, 6.45) is 0. The summed E-state index contributed by atoms with van der Waals surface area (Å²) in [4.78, 5) is 0.224. The molecule has 0 aliphatic rings. The van der Waals surface area contributed by atoms with Gasteiger partial charge in [-0.25, -0.2) is 17.5 Å². The van der Waals surface area contributed by atoms with E-state index in [1.165, 1.54) is 23.9 Å². The Morgan fingerprint density at radius 2 is 1.64 bits per heavy atom. The third-order valence-electron chi connectivity index (χ3n) is 5.15. The van der Waals surface area contributed by atoms with Gasteiger partial charge in [-0.2, -0.15) is 0 Å². The second kappa shape index (κ2) is 9.86. The van der Waals surface area contributed by atoms with E-state index in [-0.39, 0.29) is 22.5 Å². The number of rotatable bonds is 8. The molecule has 0 saturated carbocycles. The molecule has 1 heterocycles. The molecule has 1 atom stereocenters. The number of hydrogen-bond acceptors (Lipinski definition) is 5.